The number of nitrogen functional groups attached to an aromatic ring is 1. The van der Waals surface area contributed by atoms with E-state index in [0.717, 1.165) is 5.56 Å². The van der Waals surface area contributed by atoms with E-state index in [4.69, 9.17) is 26.5 Å². The predicted molar refractivity (Wildman–Crippen MR) is 80.2 cm³/mol. The first-order valence-corrected chi connectivity index (χ1v) is 6.50. The van der Waals surface area contributed by atoms with Crippen LogP contribution in [0.15, 0.2) is 40.8 Å². The highest BCUT2D eigenvalue weighted by Crippen LogP contribution is 2.29. The fourth-order valence-electron chi connectivity index (χ4n) is 2.03. The molecule has 1 heterocycles. The van der Waals surface area contributed by atoms with Crippen LogP contribution in [0.25, 0.3) is 22.6 Å². The van der Waals surface area contributed by atoms with E-state index in [0.29, 0.717) is 27.7 Å². The van der Waals surface area contributed by atoms with Crippen molar-refractivity contribution in [3.8, 4) is 11.5 Å². The van der Waals surface area contributed by atoms with Crippen molar-refractivity contribution < 1.29 is 13.9 Å². The number of benzene rings is 2. The normalized spacial score (nSPS) is 10.8. The molecule has 6 heteroatoms. The third-order valence-electron chi connectivity index (χ3n) is 3.01. The number of hydrogen-bond acceptors (Lipinski definition) is 5. The Balaban J connectivity index is 2.19. The molecule has 2 aromatic carbocycles. The Hall–Kier alpha value is -2.53. The largest absolute Gasteiger partial charge is 0.465 e. The molecule has 3 aromatic rings. The number of carbonyl (C=O) groups excluding carboxylic acids is 1. The van der Waals surface area contributed by atoms with Crippen LogP contribution in [0.2, 0.25) is 5.02 Å². The SMILES string of the molecule is COC(=O)c1cc(N)cc2nc(-c3ccc(Cl)cc3)oc12. The highest BCUT2D eigenvalue weighted by atomic mass is 35.5. The number of esters is 1. The van der Waals surface area contributed by atoms with Crippen molar-refractivity contribution in [2.45, 2.75) is 0 Å². The molecule has 0 atom stereocenters. The molecule has 0 aliphatic heterocycles. The fraction of sp³-hybridized carbons (Fsp3) is 0.0667. The van der Waals surface area contributed by atoms with Gasteiger partial charge in [0.1, 0.15) is 11.1 Å². The van der Waals surface area contributed by atoms with E-state index in [1.54, 1.807) is 30.3 Å². The van der Waals surface area contributed by atoms with Gasteiger partial charge in [-0.25, -0.2) is 9.78 Å². The number of anilines is 1. The molecular weight excluding hydrogens is 292 g/mol. The summed E-state index contributed by atoms with van der Waals surface area (Å²) in [6, 6.07) is 10.2. The maximum absolute atomic E-state index is 11.8. The summed E-state index contributed by atoms with van der Waals surface area (Å²) in [5, 5.41) is 0.620. The zero-order chi connectivity index (χ0) is 15.0. The summed E-state index contributed by atoms with van der Waals surface area (Å²) in [6.45, 7) is 0. The first-order valence-electron chi connectivity index (χ1n) is 6.13. The van der Waals surface area contributed by atoms with Crippen molar-refractivity contribution >= 4 is 34.4 Å². The Labute approximate surface area is 125 Å². The highest BCUT2D eigenvalue weighted by molar-refractivity contribution is 6.30. The first kappa shape index (κ1) is 13.5. The highest BCUT2D eigenvalue weighted by Gasteiger charge is 2.18. The van der Waals surface area contributed by atoms with Gasteiger partial charge in [0.25, 0.3) is 0 Å². The third kappa shape index (κ3) is 2.43. The molecule has 106 valence electrons. The minimum atomic E-state index is -0.522. The average Bonchev–Trinajstić information content (AvgIpc) is 2.89. The molecule has 0 aliphatic carbocycles. The Kier molecular flexibility index (Phi) is 3.27. The van der Waals surface area contributed by atoms with E-state index in [9.17, 15) is 4.79 Å². The number of carbonyl (C=O) groups is 1. The van der Waals surface area contributed by atoms with Gasteiger partial charge in [0.15, 0.2) is 5.58 Å². The monoisotopic (exact) mass is 302 g/mol. The number of ether oxygens (including phenoxy) is 1. The molecule has 0 amide bonds. The quantitative estimate of drug-likeness (QED) is 0.579. The lowest BCUT2D eigenvalue weighted by molar-refractivity contribution is 0.0602. The van der Waals surface area contributed by atoms with Crippen molar-refractivity contribution in [1.29, 1.82) is 0 Å². The van der Waals surface area contributed by atoms with E-state index >= 15 is 0 Å². The number of nitrogens with two attached hydrogens (primary N) is 1. The summed E-state index contributed by atoms with van der Waals surface area (Å²) in [5.41, 5.74) is 8.05. The van der Waals surface area contributed by atoms with Crippen LogP contribution in [0.5, 0.6) is 0 Å². The lowest BCUT2D eigenvalue weighted by atomic mass is 10.2. The van der Waals surface area contributed by atoms with Crippen LogP contribution in [0.3, 0.4) is 0 Å². The van der Waals surface area contributed by atoms with Crippen molar-refractivity contribution in [2.75, 3.05) is 12.8 Å². The summed E-state index contributed by atoms with van der Waals surface area (Å²) >= 11 is 5.86. The first-order chi connectivity index (χ1) is 10.1. The summed E-state index contributed by atoms with van der Waals surface area (Å²) in [5.74, 6) is -0.136. The van der Waals surface area contributed by atoms with Crippen LogP contribution in [0.1, 0.15) is 10.4 Å². The van der Waals surface area contributed by atoms with Gasteiger partial charge in [0.2, 0.25) is 5.89 Å². The molecule has 21 heavy (non-hydrogen) atoms. The number of rotatable bonds is 2. The maximum Gasteiger partial charge on any atom is 0.341 e. The number of aromatic nitrogens is 1. The Morgan fingerprint density at radius 3 is 2.67 bits per heavy atom. The molecule has 0 aliphatic rings. The number of hydrogen-bond donors (Lipinski definition) is 1. The molecule has 0 spiro atoms. The molecule has 0 radical (unpaired) electrons. The summed E-state index contributed by atoms with van der Waals surface area (Å²) in [6.07, 6.45) is 0. The van der Waals surface area contributed by atoms with Crippen LogP contribution in [0, 0.1) is 0 Å². The molecule has 0 saturated heterocycles. The van der Waals surface area contributed by atoms with Crippen LogP contribution >= 0.6 is 11.6 Å². The second-order valence-electron chi connectivity index (χ2n) is 4.43. The number of fused-ring (bicyclic) bond motifs is 1. The Morgan fingerprint density at radius 2 is 2.00 bits per heavy atom. The smallest absolute Gasteiger partial charge is 0.341 e. The van der Waals surface area contributed by atoms with Gasteiger partial charge >= 0.3 is 5.97 Å². The van der Waals surface area contributed by atoms with Gasteiger partial charge < -0.3 is 14.9 Å². The maximum atomic E-state index is 11.8. The average molecular weight is 303 g/mol. The predicted octanol–water partition coefficient (Wildman–Crippen LogP) is 3.52. The third-order valence-corrected chi connectivity index (χ3v) is 3.26. The van der Waals surface area contributed by atoms with Gasteiger partial charge in [-0.2, -0.15) is 0 Å². The van der Waals surface area contributed by atoms with Gasteiger partial charge in [0.05, 0.1) is 7.11 Å². The minimum Gasteiger partial charge on any atom is -0.465 e. The van der Waals surface area contributed by atoms with Crippen LogP contribution < -0.4 is 5.73 Å². The molecule has 2 N–H and O–H groups in total. The fourth-order valence-corrected chi connectivity index (χ4v) is 2.16. The van der Waals surface area contributed by atoms with E-state index < -0.39 is 5.97 Å². The Morgan fingerprint density at radius 1 is 1.29 bits per heavy atom. The Bertz CT molecular complexity index is 825. The van der Waals surface area contributed by atoms with E-state index in [2.05, 4.69) is 4.98 Å². The van der Waals surface area contributed by atoms with Crippen LogP contribution in [-0.2, 0) is 4.74 Å². The molecule has 0 bridgehead atoms. The second-order valence-corrected chi connectivity index (χ2v) is 4.87. The number of oxazole rings is 1. The molecule has 0 saturated carbocycles. The van der Waals surface area contributed by atoms with Gasteiger partial charge in [-0.3, -0.25) is 0 Å². The van der Waals surface area contributed by atoms with Crippen LogP contribution in [-0.4, -0.2) is 18.1 Å². The molecule has 0 unspecified atom stereocenters. The topological polar surface area (TPSA) is 78.4 Å². The standard InChI is InChI=1S/C15H11ClN2O3/c1-20-15(19)11-6-10(17)7-12-13(11)21-14(18-12)8-2-4-9(16)5-3-8/h2-7H,17H2,1H3. The summed E-state index contributed by atoms with van der Waals surface area (Å²) < 4.78 is 10.4. The zero-order valence-electron chi connectivity index (χ0n) is 11.1. The van der Waals surface area contributed by atoms with Crippen molar-refractivity contribution in [2.24, 2.45) is 0 Å². The molecular formula is C15H11ClN2O3. The molecule has 1 aromatic heterocycles. The molecule has 3 rings (SSSR count). The number of nitrogens with zero attached hydrogens (tertiary/aromatic N) is 1. The van der Waals surface area contributed by atoms with E-state index in [1.165, 1.54) is 13.2 Å². The van der Waals surface area contributed by atoms with Crippen molar-refractivity contribution in [1.82, 2.24) is 4.98 Å². The van der Waals surface area contributed by atoms with Crippen molar-refractivity contribution in [3.63, 3.8) is 0 Å². The minimum absolute atomic E-state index is 0.250. The zero-order valence-corrected chi connectivity index (χ0v) is 11.8. The van der Waals surface area contributed by atoms with Crippen molar-refractivity contribution in [3.05, 3.63) is 47.0 Å². The molecule has 0 fully saturated rings. The van der Waals surface area contributed by atoms with Gasteiger partial charge in [-0.1, -0.05) is 11.6 Å². The lowest BCUT2D eigenvalue weighted by Gasteiger charge is -2.00. The van der Waals surface area contributed by atoms with E-state index in [-0.39, 0.29) is 5.56 Å². The lowest BCUT2D eigenvalue weighted by Crippen LogP contribution is -2.02. The summed E-state index contributed by atoms with van der Waals surface area (Å²) in [4.78, 5) is 16.1. The second kappa shape index (κ2) is 5.10. The summed E-state index contributed by atoms with van der Waals surface area (Å²) in [7, 11) is 1.30. The van der Waals surface area contributed by atoms with Gasteiger partial charge in [-0.05, 0) is 36.4 Å². The number of halogens is 1. The van der Waals surface area contributed by atoms with Gasteiger partial charge in [-0.15, -0.1) is 0 Å². The molecule has 5 nitrogen and oxygen atoms in total. The van der Waals surface area contributed by atoms with E-state index in [1.807, 2.05) is 0 Å². The van der Waals surface area contributed by atoms with Gasteiger partial charge in [0, 0.05) is 16.3 Å². The number of methoxy groups -OCH3 is 1. The van der Waals surface area contributed by atoms with Crippen LogP contribution in [0.4, 0.5) is 5.69 Å².